The lowest BCUT2D eigenvalue weighted by molar-refractivity contribution is 0.404. The summed E-state index contributed by atoms with van der Waals surface area (Å²) in [6, 6.07) is 8.28. The second-order valence-electron chi connectivity index (χ2n) is 4.38. The van der Waals surface area contributed by atoms with Crippen LogP contribution >= 0.6 is 0 Å². The van der Waals surface area contributed by atoms with Crippen molar-refractivity contribution in [3.8, 4) is 5.75 Å². The fourth-order valence-electron chi connectivity index (χ4n) is 2.11. The third-order valence-electron chi connectivity index (χ3n) is 3.02. The molecule has 0 radical (unpaired) electrons. The van der Waals surface area contributed by atoms with Gasteiger partial charge in [0.1, 0.15) is 5.75 Å². The van der Waals surface area contributed by atoms with E-state index < -0.39 is 0 Å². The van der Waals surface area contributed by atoms with Gasteiger partial charge in [-0.3, -0.25) is 4.68 Å². The highest BCUT2D eigenvalue weighted by molar-refractivity contribution is 5.42. The van der Waals surface area contributed by atoms with Crippen LogP contribution in [0.2, 0.25) is 0 Å². The first-order valence-electron chi connectivity index (χ1n) is 5.97. The molecule has 0 bridgehead atoms. The van der Waals surface area contributed by atoms with Crippen LogP contribution < -0.4 is 10.1 Å². The number of hydrogen-bond donors (Lipinski definition) is 1. The molecule has 1 aromatic heterocycles. The van der Waals surface area contributed by atoms with Crippen molar-refractivity contribution in [2.24, 2.45) is 7.05 Å². The standard InChI is InChI=1S/C14H19N3O/c1-10-5-6-11(13(9-10)18-4)14(15-2)12-7-8-17(3)16-12/h5-9,14-15H,1-4H3. The number of methoxy groups -OCH3 is 1. The van der Waals surface area contributed by atoms with Crippen LogP contribution in [0.5, 0.6) is 5.75 Å². The molecule has 0 spiro atoms. The number of benzene rings is 1. The Morgan fingerprint density at radius 1 is 1.33 bits per heavy atom. The molecule has 0 saturated carbocycles. The number of aryl methyl sites for hydroxylation is 2. The first-order valence-corrected chi connectivity index (χ1v) is 5.97. The van der Waals surface area contributed by atoms with Crippen molar-refractivity contribution in [1.29, 1.82) is 0 Å². The number of aromatic nitrogens is 2. The molecule has 4 heteroatoms. The minimum Gasteiger partial charge on any atom is -0.496 e. The van der Waals surface area contributed by atoms with Crippen LogP contribution in [0, 0.1) is 6.92 Å². The summed E-state index contributed by atoms with van der Waals surface area (Å²) < 4.78 is 7.27. The molecule has 1 aromatic carbocycles. The lowest BCUT2D eigenvalue weighted by atomic mass is 10.0. The zero-order chi connectivity index (χ0) is 13.1. The molecule has 0 saturated heterocycles. The fourth-order valence-corrected chi connectivity index (χ4v) is 2.11. The van der Waals surface area contributed by atoms with E-state index >= 15 is 0 Å². The van der Waals surface area contributed by atoms with Gasteiger partial charge in [-0.25, -0.2) is 0 Å². The lowest BCUT2D eigenvalue weighted by Gasteiger charge is -2.18. The Kier molecular flexibility index (Phi) is 3.67. The van der Waals surface area contributed by atoms with Gasteiger partial charge in [0.05, 0.1) is 18.8 Å². The molecule has 1 atom stereocenters. The van der Waals surface area contributed by atoms with E-state index in [9.17, 15) is 0 Å². The number of rotatable bonds is 4. The monoisotopic (exact) mass is 245 g/mol. The van der Waals surface area contributed by atoms with Crippen molar-refractivity contribution in [1.82, 2.24) is 15.1 Å². The molecule has 18 heavy (non-hydrogen) atoms. The number of nitrogens with one attached hydrogen (secondary N) is 1. The van der Waals surface area contributed by atoms with Crippen molar-refractivity contribution in [3.63, 3.8) is 0 Å². The topological polar surface area (TPSA) is 39.1 Å². The van der Waals surface area contributed by atoms with Crippen molar-refractivity contribution >= 4 is 0 Å². The van der Waals surface area contributed by atoms with Crippen LogP contribution in [0.3, 0.4) is 0 Å². The van der Waals surface area contributed by atoms with Gasteiger partial charge in [-0.05, 0) is 31.7 Å². The molecule has 0 fully saturated rings. The molecule has 1 unspecified atom stereocenters. The van der Waals surface area contributed by atoms with Gasteiger partial charge >= 0.3 is 0 Å². The van der Waals surface area contributed by atoms with Gasteiger partial charge in [-0.2, -0.15) is 5.10 Å². The molecule has 1 heterocycles. The highest BCUT2D eigenvalue weighted by Gasteiger charge is 2.18. The van der Waals surface area contributed by atoms with Crippen molar-refractivity contribution < 1.29 is 4.74 Å². The second-order valence-corrected chi connectivity index (χ2v) is 4.38. The summed E-state index contributed by atoms with van der Waals surface area (Å²) in [5, 5.41) is 7.74. The summed E-state index contributed by atoms with van der Waals surface area (Å²) in [6.07, 6.45) is 1.94. The van der Waals surface area contributed by atoms with E-state index in [2.05, 4.69) is 29.5 Å². The summed E-state index contributed by atoms with van der Waals surface area (Å²) >= 11 is 0. The molecule has 1 N–H and O–H groups in total. The summed E-state index contributed by atoms with van der Waals surface area (Å²) in [4.78, 5) is 0. The maximum atomic E-state index is 5.46. The van der Waals surface area contributed by atoms with E-state index in [0.717, 1.165) is 17.0 Å². The quantitative estimate of drug-likeness (QED) is 0.896. The number of nitrogens with zero attached hydrogens (tertiary/aromatic N) is 2. The zero-order valence-corrected chi connectivity index (χ0v) is 11.3. The predicted molar refractivity (Wildman–Crippen MR) is 71.8 cm³/mol. The Labute approximate surface area is 108 Å². The van der Waals surface area contributed by atoms with Crippen LogP contribution in [0.1, 0.15) is 22.9 Å². The first kappa shape index (κ1) is 12.6. The van der Waals surface area contributed by atoms with Crippen LogP contribution in [0.25, 0.3) is 0 Å². The Hall–Kier alpha value is -1.81. The van der Waals surface area contributed by atoms with E-state index in [0.29, 0.717) is 0 Å². The lowest BCUT2D eigenvalue weighted by Crippen LogP contribution is -2.19. The molecule has 0 aliphatic carbocycles. The van der Waals surface area contributed by atoms with Gasteiger partial charge in [0.25, 0.3) is 0 Å². The Bertz CT molecular complexity index is 534. The molecule has 0 amide bonds. The minimum absolute atomic E-state index is 0.0433. The third-order valence-corrected chi connectivity index (χ3v) is 3.02. The molecular weight excluding hydrogens is 226 g/mol. The summed E-state index contributed by atoms with van der Waals surface area (Å²) in [7, 11) is 5.55. The van der Waals surface area contributed by atoms with Gasteiger partial charge in [-0.15, -0.1) is 0 Å². The fraction of sp³-hybridized carbons (Fsp3) is 0.357. The molecule has 4 nitrogen and oxygen atoms in total. The summed E-state index contributed by atoms with van der Waals surface area (Å²) in [6.45, 7) is 2.06. The average molecular weight is 245 g/mol. The normalized spacial score (nSPS) is 12.4. The molecule has 0 aliphatic rings. The summed E-state index contributed by atoms with van der Waals surface area (Å²) in [5.41, 5.74) is 3.28. The Morgan fingerprint density at radius 3 is 2.67 bits per heavy atom. The van der Waals surface area contributed by atoms with Gasteiger partial charge in [0.2, 0.25) is 0 Å². The molecular formula is C14H19N3O. The summed E-state index contributed by atoms with van der Waals surface area (Å²) in [5.74, 6) is 0.889. The third kappa shape index (κ3) is 2.38. The predicted octanol–water partition coefficient (Wildman–Crippen LogP) is 2.05. The van der Waals surface area contributed by atoms with Crippen LogP contribution in [-0.4, -0.2) is 23.9 Å². The van der Waals surface area contributed by atoms with E-state index in [1.165, 1.54) is 5.56 Å². The zero-order valence-electron chi connectivity index (χ0n) is 11.3. The molecule has 2 rings (SSSR count). The maximum absolute atomic E-state index is 5.46. The second kappa shape index (κ2) is 5.23. The Balaban J connectivity index is 2.44. The highest BCUT2D eigenvalue weighted by atomic mass is 16.5. The van der Waals surface area contributed by atoms with Crippen molar-refractivity contribution in [3.05, 3.63) is 47.3 Å². The number of hydrogen-bond acceptors (Lipinski definition) is 3. The van der Waals surface area contributed by atoms with Crippen molar-refractivity contribution in [2.75, 3.05) is 14.2 Å². The van der Waals surface area contributed by atoms with E-state index in [1.54, 1.807) is 11.8 Å². The molecule has 0 aliphatic heterocycles. The van der Waals surface area contributed by atoms with Crippen LogP contribution in [0.15, 0.2) is 30.5 Å². The van der Waals surface area contributed by atoms with Crippen LogP contribution in [0.4, 0.5) is 0 Å². The largest absolute Gasteiger partial charge is 0.496 e. The Morgan fingerprint density at radius 2 is 2.11 bits per heavy atom. The minimum atomic E-state index is 0.0433. The van der Waals surface area contributed by atoms with E-state index in [-0.39, 0.29) is 6.04 Å². The average Bonchev–Trinajstić information content (AvgIpc) is 2.78. The highest BCUT2D eigenvalue weighted by Crippen LogP contribution is 2.29. The van der Waals surface area contributed by atoms with E-state index in [1.807, 2.05) is 32.4 Å². The van der Waals surface area contributed by atoms with Crippen LogP contribution in [-0.2, 0) is 7.05 Å². The smallest absolute Gasteiger partial charge is 0.124 e. The van der Waals surface area contributed by atoms with Gasteiger partial charge in [0.15, 0.2) is 0 Å². The van der Waals surface area contributed by atoms with Gasteiger partial charge < -0.3 is 10.1 Å². The molecule has 2 aromatic rings. The van der Waals surface area contributed by atoms with Crippen molar-refractivity contribution in [2.45, 2.75) is 13.0 Å². The van der Waals surface area contributed by atoms with E-state index in [4.69, 9.17) is 4.74 Å². The first-order chi connectivity index (χ1) is 8.65. The van der Waals surface area contributed by atoms with Gasteiger partial charge in [-0.1, -0.05) is 12.1 Å². The number of ether oxygens (including phenoxy) is 1. The SMILES string of the molecule is CNC(c1ccn(C)n1)c1ccc(C)cc1OC. The molecule has 96 valence electrons. The maximum Gasteiger partial charge on any atom is 0.124 e. The van der Waals surface area contributed by atoms with Gasteiger partial charge in [0, 0.05) is 18.8 Å².